The molecular formula is C19H31N5O. The van der Waals surface area contributed by atoms with E-state index in [4.69, 9.17) is 0 Å². The fraction of sp³-hybridized carbons (Fsp3) is 0.789. The van der Waals surface area contributed by atoms with E-state index in [9.17, 15) is 4.79 Å². The summed E-state index contributed by atoms with van der Waals surface area (Å²) in [6, 6.07) is 2.32. The van der Waals surface area contributed by atoms with Crippen LogP contribution in [0.5, 0.6) is 0 Å². The van der Waals surface area contributed by atoms with Crippen LogP contribution in [-0.2, 0) is 0 Å². The molecule has 6 heteroatoms. The van der Waals surface area contributed by atoms with Crippen molar-refractivity contribution in [2.45, 2.75) is 51.5 Å². The maximum absolute atomic E-state index is 12.7. The van der Waals surface area contributed by atoms with Crippen molar-refractivity contribution in [2.75, 3.05) is 38.0 Å². The number of amides is 2. The maximum atomic E-state index is 12.7. The second kappa shape index (κ2) is 7.36. The summed E-state index contributed by atoms with van der Waals surface area (Å²) in [5.74, 6) is 2.18. The zero-order chi connectivity index (χ0) is 17.2. The van der Waals surface area contributed by atoms with Crippen molar-refractivity contribution in [3.8, 4) is 0 Å². The van der Waals surface area contributed by atoms with Gasteiger partial charge in [0.2, 0.25) is 0 Å². The van der Waals surface area contributed by atoms with Gasteiger partial charge in [0.05, 0.1) is 12.2 Å². The first-order valence-electron chi connectivity index (χ1n) is 10.0. The van der Waals surface area contributed by atoms with E-state index in [-0.39, 0.29) is 6.03 Å². The molecule has 2 amide bonds. The second-order valence-corrected chi connectivity index (χ2v) is 8.13. The lowest BCUT2D eigenvalue weighted by Crippen LogP contribution is -2.37. The Morgan fingerprint density at radius 2 is 2.04 bits per heavy atom. The van der Waals surface area contributed by atoms with E-state index in [2.05, 4.69) is 22.2 Å². The van der Waals surface area contributed by atoms with Crippen LogP contribution in [0.15, 0.2) is 12.3 Å². The average molecular weight is 345 g/mol. The number of nitrogens with zero attached hydrogens (tertiary/aromatic N) is 4. The lowest BCUT2D eigenvalue weighted by Gasteiger charge is -2.29. The van der Waals surface area contributed by atoms with Gasteiger partial charge in [0.25, 0.3) is 0 Å². The Kier molecular flexibility index (Phi) is 4.97. The van der Waals surface area contributed by atoms with Crippen molar-refractivity contribution in [3.63, 3.8) is 0 Å². The number of rotatable bonds is 5. The molecule has 0 spiro atoms. The van der Waals surface area contributed by atoms with Gasteiger partial charge in [-0.3, -0.25) is 5.32 Å². The molecule has 3 fully saturated rings. The minimum atomic E-state index is 0.0332. The highest BCUT2D eigenvalue weighted by Crippen LogP contribution is 2.40. The summed E-state index contributed by atoms with van der Waals surface area (Å²) < 4.78 is 1.98. The van der Waals surface area contributed by atoms with Crippen LogP contribution in [0.3, 0.4) is 0 Å². The molecule has 6 nitrogen and oxygen atoms in total. The highest BCUT2D eigenvalue weighted by molar-refractivity contribution is 5.88. The number of hydrogen-bond acceptors (Lipinski definition) is 3. The lowest BCUT2D eigenvalue weighted by atomic mass is 10.1. The van der Waals surface area contributed by atoms with Gasteiger partial charge in [-0.05, 0) is 64.0 Å². The fourth-order valence-corrected chi connectivity index (χ4v) is 4.38. The Hall–Kier alpha value is -1.56. The van der Waals surface area contributed by atoms with Crippen molar-refractivity contribution in [1.29, 1.82) is 0 Å². The first-order valence-corrected chi connectivity index (χ1v) is 10.0. The van der Waals surface area contributed by atoms with Gasteiger partial charge in [0.1, 0.15) is 5.82 Å². The van der Waals surface area contributed by atoms with Gasteiger partial charge < -0.3 is 9.80 Å². The average Bonchev–Trinajstić information content (AvgIpc) is 3.20. The lowest BCUT2D eigenvalue weighted by molar-refractivity contribution is 0.192. The van der Waals surface area contributed by atoms with Crippen LogP contribution in [0.4, 0.5) is 10.6 Å². The fourth-order valence-electron chi connectivity index (χ4n) is 4.38. The van der Waals surface area contributed by atoms with E-state index >= 15 is 0 Å². The summed E-state index contributed by atoms with van der Waals surface area (Å²) in [6.45, 7) is 7.58. The zero-order valence-electron chi connectivity index (χ0n) is 15.4. The molecule has 1 aliphatic carbocycles. The Labute approximate surface area is 150 Å². The number of carbonyl (C=O) groups excluding carboxylic acids is 1. The molecule has 0 radical (unpaired) electrons. The van der Waals surface area contributed by atoms with Crippen molar-refractivity contribution < 1.29 is 4.79 Å². The van der Waals surface area contributed by atoms with Gasteiger partial charge in [0, 0.05) is 25.7 Å². The molecule has 1 saturated carbocycles. The van der Waals surface area contributed by atoms with Crippen molar-refractivity contribution in [1.82, 2.24) is 19.6 Å². The molecule has 1 N–H and O–H groups in total. The molecule has 4 rings (SSSR count). The highest BCUT2D eigenvalue weighted by Gasteiger charge is 2.32. The number of hydrogen-bond donors (Lipinski definition) is 1. The van der Waals surface area contributed by atoms with Crippen molar-refractivity contribution in [2.24, 2.45) is 11.8 Å². The SMILES string of the molecule is CC(C1CC1)n1nccc1NC(=O)N1CCC(CN2CCCCC2)C1. The Bertz CT molecular complexity index is 590. The van der Waals surface area contributed by atoms with Crippen LogP contribution in [0.2, 0.25) is 0 Å². The molecule has 3 aliphatic rings. The largest absolute Gasteiger partial charge is 0.324 e. The molecule has 2 unspecified atom stereocenters. The van der Waals surface area contributed by atoms with E-state index in [1.807, 2.05) is 15.6 Å². The highest BCUT2D eigenvalue weighted by atomic mass is 16.2. The molecule has 2 saturated heterocycles. The topological polar surface area (TPSA) is 53.4 Å². The predicted molar refractivity (Wildman–Crippen MR) is 98.7 cm³/mol. The molecule has 1 aromatic rings. The molecule has 0 aromatic carbocycles. The minimum absolute atomic E-state index is 0.0332. The number of likely N-dealkylation sites (tertiary alicyclic amines) is 2. The first kappa shape index (κ1) is 16.9. The first-order chi connectivity index (χ1) is 12.2. The summed E-state index contributed by atoms with van der Waals surface area (Å²) in [6.07, 6.45) is 9.51. The van der Waals surface area contributed by atoms with Crippen molar-refractivity contribution >= 4 is 11.8 Å². The summed E-state index contributed by atoms with van der Waals surface area (Å²) in [7, 11) is 0. The Balaban J connectivity index is 1.29. The number of anilines is 1. The summed E-state index contributed by atoms with van der Waals surface area (Å²) in [5, 5.41) is 7.52. The van der Waals surface area contributed by atoms with Crippen LogP contribution in [0.25, 0.3) is 0 Å². The van der Waals surface area contributed by atoms with Gasteiger partial charge in [-0.1, -0.05) is 6.42 Å². The standard InChI is InChI=1S/C19H31N5O/c1-15(17-5-6-17)24-18(7-9-20-24)21-19(25)23-12-8-16(14-23)13-22-10-3-2-4-11-22/h7,9,15-17H,2-6,8,10-14H2,1H3,(H,21,25). The third kappa shape index (κ3) is 4.00. The quantitative estimate of drug-likeness (QED) is 0.892. The van der Waals surface area contributed by atoms with E-state index in [1.54, 1.807) is 6.20 Å². The summed E-state index contributed by atoms with van der Waals surface area (Å²) in [4.78, 5) is 17.2. The minimum Gasteiger partial charge on any atom is -0.324 e. The van der Waals surface area contributed by atoms with Crippen LogP contribution in [-0.4, -0.2) is 58.3 Å². The molecule has 25 heavy (non-hydrogen) atoms. The summed E-state index contributed by atoms with van der Waals surface area (Å²) in [5.41, 5.74) is 0. The normalized spacial score (nSPS) is 26.0. The van der Waals surface area contributed by atoms with Crippen LogP contribution >= 0.6 is 0 Å². The number of urea groups is 1. The summed E-state index contributed by atoms with van der Waals surface area (Å²) >= 11 is 0. The van der Waals surface area contributed by atoms with Gasteiger partial charge in [0.15, 0.2) is 0 Å². The molecule has 3 heterocycles. The van der Waals surface area contributed by atoms with Crippen LogP contribution in [0.1, 0.15) is 51.5 Å². The Morgan fingerprint density at radius 3 is 2.80 bits per heavy atom. The van der Waals surface area contributed by atoms with Crippen molar-refractivity contribution in [3.05, 3.63) is 12.3 Å². The maximum Gasteiger partial charge on any atom is 0.323 e. The zero-order valence-corrected chi connectivity index (χ0v) is 15.4. The molecule has 2 atom stereocenters. The molecule has 1 aromatic heterocycles. The van der Waals surface area contributed by atoms with E-state index in [0.29, 0.717) is 12.0 Å². The van der Waals surface area contributed by atoms with E-state index < -0.39 is 0 Å². The number of aromatic nitrogens is 2. The van der Waals surface area contributed by atoms with Gasteiger partial charge in [-0.25, -0.2) is 9.48 Å². The number of piperidine rings is 1. The monoisotopic (exact) mass is 345 g/mol. The third-order valence-electron chi connectivity index (χ3n) is 6.13. The smallest absolute Gasteiger partial charge is 0.323 e. The van der Waals surface area contributed by atoms with Gasteiger partial charge in [-0.15, -0.1) is 0 Å². The number of carbonyl (C=O) groups is 1. The number of nitrogens with one attached hydrogen (secondary N) is 1. The molecule has 2 aliphatic heterocycles. The molecule has 138 valence electrons. The predicted octanol–water partition coefficient (Wildman–Crippen LogP) is 3.19. The Morgan fingerprint density at radius 1 is 1.24 bits per heavy atom. The van der Waals surface area contributed by atoms with E-state index in [1.165, 1.54) is 45.2 Å². The van der Waals surface area contributed by atoms with Crippen LogP contribution in [0, 0.1) is 11.8 Å². The third-order valence-corrected chi connectivity index (χ3v) is 6.13. The second-order valence-electron chi connectivity index (χ2n) is 8.13. The molecular weight excluding hydrogens is 314 g/mol. The van der Waals surface area contributed by atoms with Crippen LogP contribution < -0.4 is 5.32 Å². The molecule has 0 bridgehead atoms. The van der Waals surface area contributed by atoms with Gasteiger partial charge >= 0.3 is 6.03 Å². The van der Waals surface area contributed by atoms with E-state index in [0.717, 1.165) is 37.8 Å². The van der Waals surface area contributed by atoms with Gasteiger partial charge in [-0.2, -0.15) is 5.10 Å².